The Labute approximate surface area is 110 Å². The van der Waals surface area contributed by atoms with Crippen molar-refractivity contribution in [3.63, 3.8) is 0 Å². The number of rotatable bonds is 4. The molecule has 0 aliphatic rings. The summed E-state index contributed by atoms with van der Waals surface area (Å²) in [5.41, 5.74) is 11.6. The zero-order chi connectivity index (χ0) is 13.8. The summed E-state index contributed by atoms with van der Waals surface area (Å²) in [5, 5.41) is 0. The third kappa shape index (κ3) is 2.74. The molecule has 1 aromatic heterocycles. The van der Waals surface area contributed by atoms with Crippen molar-refractivity contribution >= 4 is 11.6 Å². The fourth-order valence-corrected chi connectivity index (χ4v) is 1.49. The first-order chi connectivity index (χ1) is 9.11. The van der Waals surface area contributed by atoms with Crippen LogP contribution in [0.2, 0.25) is 0 Å². The number of nitrogen functional groups attached to an aromatic ring is 1. The van der Waals surface area contributed by atoms with Gasteiger partial charge >= 0.3 is 0 Å². The van der Waals surface area contributed by atoms with Gasteiger partial charge in [0.2, 0.25) is 11.8 Å². The molecule has 6 nitrogen and oxygen atoms in total. The van der Waals surface area contributed by atoms with E-state index in [1.807, 2.05) is 0 Å². The van der Waals surface area contributed by atoms with Crippen molar-refractivity contribution in [2.45, 2.75) is 0 Å². The van der Waals surface area contributed by atoms with Gasteiger partial charge in [-0.3, -0.25) is 4.79 Å². The van der Waals surface area contributed by atoms with Gasteiger partial charge in [-0.25, -0.2) is 0 Å². The number of amides is 1. The number of anilines is 1. The van der Waals surface area contributed by atoms with Gasteiger partial charge in [0.15, 0.2) is 0 Å². The summed E-state index contributed by atoms with van der Waals surface area (Å²) in [6, 6.07) is 9.80. The molecule has 0 saturated carbocycles. The zero-order valence-electron chi connectivity index (χ0n) is 10.3. The number of hydrogen-bond donors (Lipinski definition) is 2. The van der Waals surface area contributed by atoms with E-state index in [0.29, 0.717) is 17.3 Å². The Bertz CT molecular complexity index is 614. The van der Waals surface area contributed by atoms with Crippen molar-refractivity contribution in [3.05, 3.63) is 42.0 Å². The van der Waals surface area contributed by atoms with Crippen LogP contribution in [0.3, 0.4) is 0 Å². The van der Waals surface area contributed by atoms with Crippen LogP contribution >= 0.6 is 0 Å². The average molecular weight is 259 g/mol. The molecule has 2 aromatic rings. The monoisotopic (exact) mass is 259 g/mol. The summed E-state index contributed by atoms with van der Waals surface area (Å²) in [4.78, 5) is 15.4. The topological polar surface area (TPSA) is 100 Å². The largest absolute Gasteiger partial charge is 0.481 e. The summed E-state index contributed by atoms with van der Waals surface area (Å²) >= 11 is 0. The quantitative estimate of drug-likeness (QED) is 0.867. The Morgan fingerprint density at radius 1 is 1.21 bits per heavy atom. The number of aromatic nitrogens is 1. The normalized spacial score (nSPS) is 9.95. The van der Waals surface area contributed by atoms with Crippen molar-refractivity contribution in [2.75, 3.05) is 12.8 Å². The highest BCUT2D eigenvalue weighted by molar-refractivity contribution is 5.95. The lowest BCUT2D eigenvalue weighted by molar-refractivity contribution is 0.0998. The van der Waals surface area contributed by atoms with Gasteiger partial charge in [0.25, 0.3) is 5.91 Å². The molecular weight excluding hydrogens is 246 g/mol. The first-order valence-electron chi connectivity index (χ1n) is 5.49. The van der Waals surface area contributed by atoms with Gasteiger partial charge in [-0.05, 0) is 18.2 Å². The van der Waals surface area contributed by atoms with Gasteiger partial charge < -0.3 is 20.9 Å². The van der Waals surface area contributed by atoms with Crippen LogP contribution in [0.5, 0.6) is 17.5 Å². The van der Waals surface area contributed by atoms with Crippen molar-refractivity contribution in [1.82, 2.24) is 4.98 Å². The van der Waals surface area contributed by atoms with Crippen molar-refractivity contribution in [3.8, 4) is 17.5 Å². The molecule has 0 unspecified atom stereocenters. The number of primary amides is 1. The van der Waals surface area contributed by atoms with Gasteiger partial charge in [0.05, 0.1) is 18.4 Å². The first kappa shape index (κ1) is 12.7. The lowest BCUT2D eigenvalue weighted by Gasteiger charge is -2.10. The van der Waals surface area contributed by atoms with Gasteiger partial charge in [0.1, 0.15) is 5.75 Å². The summed E-state index contributed by atoms with van der Waals surface area (Å²) in [7, 11) is 1.49. The Kier molecular flexibility index (Phi) is 3.51. The third-order valence-electron chi connectivity index (χ3n) is 2.43. The van der Waals surface area contributed by atoms with Gasteiger partial charge in [-0.15, -0.1) is 0 Å². The number of ether oxygens (including phenoxy) is 2. The van der Waals surface area contributed by atoms with Crippen molar-refractivity contribution in [1.29, 1.82) is 0 Å². The molecule has 2 rings (SSSR count). The highest BCUT2D eigenvalue weighted by Crippen LogP contribution is 2.29. The zero-order valence-corrected chi connectivity index (χ0v) is 10.3. The molecule has 4 N–H and O–H groups in total. The molecule has 0 fully saturated rings. The number of pyridine rings is 1. The summed E-state index contributed by atoms with van der Waals surface area (Å²) in [5.74, 6) is 0.230. The van der Waals surface area contributed by atoms with Crippen LogP contribution in [0.1, 0.15) is 10.4 Å². The average Bonchev–Trinajstić information content (AvgIpc) is 2.41. The van der Waals surface area contributed by atoms with Crippen LogP contribution in [0.4, 0.5) is 5.69 Å². The highest BCUT2D eigenvalue weighted by atomic mass is 16.5. The lowest BCUT2D eigenvalue weighted by atomic mass is 10.2. The van der Waals surface area contributed by atoms with E-state index in [0.717, 1.165) is 0 Å². The van der Waals surface area contributed by atoms with Crippen molar-refractivity contribution in [2.24, 2.45) is 5.73 Å². The molecule has 0 spiro atoms. The first-order valence-corrected chi connectivity index (χ1v) is 5.49. The number of carbonyl (C=O) groups excluding carboxylic acids is 1. The lowest BCUT2D eigenvalue weighted by Crippen LogP contribution is -2.12. The van der Waals surface area contributed by atoms with E-state index < -0.39 is 5.91 Å². The number of para-hydroxylation sites is 1. The Balaban J connectivity index is 2.38. The van der Waals surface area contributed by atoms with E-state index in [-0.39, 0.29) is 11.4 Å². The SMILES string of the molecule is COc1ccc(N)c(Oc2ccccc2C(N)=O)n1. The van der Waals surface area contributed by atoms with Crippen LogP contribution in [0, 0.1) is 0 Å². The fraction of sp³-hybridized carbons (Fsp3) is 0.0769. The van der Waals surface area contributed by atoms with Crippen LogP contribution < -0.4 is 20.9 Å². The number of nitrogens with zero attached hydrogens (tertiary/aromatic N) is 1. The predicted octanol–water partition coefficient (Wildman–Crippen LogP) is 1.56. The second-order valence-corrected chi connectivity index (χ2v) is 3.71. The highest BCUT2D eigenvalue weighted by Gasteiger charge is 2.12. The molecule has 0 saturated heterocycles. The minimum absolute atomic E-state index is 0.160. The Morgan fingerprint density at radius 3 is 2.63 bits per heavy atom. The molecule has 1 heterocycles. The van der Waals surface area contributed by atoms with E-state index in [9.17, 15) is 4.79 Å². The van der Waals surface area contributed by atoms with E-state index in [1.165, 1.54) is 7.11 Å². The maximum Gasteiger partial charge on any atom is 0.252 e. The molecule has 6 heteroatoms. The molecule has 0 radical (unpaired) electrons. The Morgan fingerprint density at radius 2 is 1.95 bits per heavy atom. The molecule has 0 bridgehead atoms. The van der Waals surface area contributed by atoms with E-state index in [1.54, 1.807) is 36.4 Å². The molecule has 0 aliphatic heterocycles. The molecule has 0 atom stereocenters. The maximum atomic E-state index is 11.3. The van der Waals surface area contributed by atoms with Crippen LogP contribution in [-0.2, 0) is 0 Å². The summed E-state index contributed by atoms with van der Waals surface area (Å²) < 4.78 is 10.5. The maximum absolute atomic E-state index is 11.3. The molecule has 0 aliphatic carbocycles. The van der Waals surface area contributed by atoms with Gasteiger partial charge in [0, 0.05) is 6.07 Å². The summed E-state index contributed by atoms with van der Waals surface area (Å²) in [6.07, 6.45) is 0. The number of carbonyl (C=O) groups is 1. The van der Waals surface area contributed by atoms with Gasteiger partial charge in [-0.2, -0.15) is 4.98 Å². The second kappa shape index (κ2) is 5.26. The minimum Gasteiger partial charge on any atom is -0.481 e. The third-order valence-corrected chi connectivity index (χ3v) is 2.43. The van der Waals surface area contributed by atoms with Crippen LogP contribution in [0.25, 0.3) is 0 Å². The minimum atomic E-state index is -0.586. The molecule has 19 heavy (non-hydrogen) atoms. The smallest absolute Gasteiger partial charge is 0.252 e. The number of hydrogen-bond acceptors (Lipinski definition) is 5. The van der Waals surface area contributed by atoms with Crippen LogP contribution in [0.15, 0.2) is 36.4 Å². The fourth-order valence-electron chi connectivity index (χ4n) is 1.49. The van der Waals surface area contributed by atoms with Gasteiger partial charge in [-0.1, -0.05) is 12.1 Å². The van der Waals surface area contributed by atoms with E-state index in [4.69, 9.17) is 20.9 Å². The van der Waals surface area contributed by atoms with Crippen LogP contribution in [-0.4, -0.2) is 18.0 Å². The van der Waals surface area contributed by atoms with Crippen molar-refractivity contribution < 1.29 is 14.3 Å². The number of nitrogens with two attached hydrogens (primary N) is 2. The molecule has 98 valence electrons. The summed E-state index contributed by atoms with van der Waals surface area (Å²) in [6.45, 7) is 0. The Hall–Kier alpha value is -2.76. The van der Waals surface area contributed by atoms with E-state index in [2.05, 4.69) is 4.98 Å². The predicted molar refractivity (Wildman–Crippen MR) is 70.2 cm³/mol. The number of benzene rings is 1. The molecule has 1 aromatic carbocycles. The van der Waals surface area contributed by atoms with E-state index >= 15 is 0 Å². The number of methoxy groups -OCH3 is 1. The standard InChI is InChI=1S/C13H13N3O3/c1-18-11-7-6-9(14)13(16-11)19-10-5-3-2-4-8(10)12(15)17/h2-7H,14H2,1H3,(H2,15,17). The molecule has 1 amide bonds. The second-order valence-electron chi connectivity index (χ2n) is 3.71. The molecular formula is C13H13N3O3.